The summed E-state index contributed by atoms with van der Waals surface area (Å²) in [5.74, 6) is -1.00. The van der Waals surface area contributed by atoms with Crippen LogP contribution in [0.1, 0.15) is 31.2 Å². The van der Waals surface area contributed by atoms with Crippen molar-refractivity contribution >= 4 is 30.8 Å². The molecule has 1 atom stereocenters. The van der Waals surface area contributed by atoms with Gasteiger partial charge in [-0.25, -0.2) is 9.78 Å². The minimum Gasteiger partial charge on any atom is -0.480 e. The number of carboxylic acids is 1. The highest BCUT2D eigenvalue weighted by atomic mass is 35.5. The fourth-order valence-corrected chi connectivity index (χ4v) is 2.07. The standard InChI is InChI=1S/C10H15N3O2.2ClH/c1-2-10(11,9(14)15)8-7-4-3-5-13(7)6-12-8;;/h6H,2-5,11H2,1H3,(H,14,15);2*1H. The molecule has 1 aliphatic heterocycles. The van der Waals surface area contributed by atoms with E-state index in [1.807, 2.05) is 4.57 Å². The van der Waals surface area contributed by atoms with Crippen LogP contribution in [0, 0.1) is 0 Å². The molecule has 1 aliphatic rings. The second kappa shape index (κ2) is 5.71. The van der Waals surface area contributed by atoms with E-state index in [0.717, 1.165) is 25.1 Å². The fourth-order valence-electron chi connectivity index (χ4n) is 2.07. The van der Waals surface area contributed by atoms with Crippen LogP contribution in [0.2, 0.25) is 0 Å². The van der Waals surface area contributed by atoms with Gasteiger partial charge in [-0.2, -0.15) is 0 Å². The van der Waals surface area contributed by atoms with Crippen LogP contribution in [0.25, 0.3) is 0 Å². The molecule has 2 rings (SSSR count). The first-order valence-electron chi connectivity index (χ1n) is 5.16. The molecule has 2 heterocycles. The van der Waals surface area contributed by atoms with E-state index in [4.69, 9.17) is 10.8 Å². The first-order chi connectivity index (χ1) is 7.09. The Bertz CT molecular complexity index is 408. The molecule has 3 N–H and O–H groups in total. The van der Waals surface area contributed by atoms with Crippen LogP contribution < -0.4 is 5.73 Å². The lowest BCUT2D eigenvalue weighted by Crippen LogP contribution is -2.45. The number of imidazole rings is 1. The summed E-state index contributed by atoms with van der Waals surface area (Å²) in [6.45, 7) is 2.69. The normalized spacial score (nSPS) is 16.4. The summed E-state index contributed by atoms with van der Waals surface area (Å²) in [5, 5.41) is 9.16. The van der Waals surface area contributed by atoms with Gasteiger partial charge in [0.15, 0.2) is 5.54 Å². The van der Waals surface area contributed by atoms with Crippen LogP contribution in [0.5, 0.6) is 0 Å². The van der Waals surface area contributed by atoms with E-state index >= 15 is 0 Å². The number of aliphatic carboxylic acids is 1. The summed E-state index contributed by atoms with van der Waals surface area (Å²) in [6, 6.07) is 0. The van der Waals surface area contributed by atoms with E-state index in [9.17, 15) is 4.79 Å². The molecule has 0 saturated heterocycles. The lowest BCUT2D eigenvalue weighted by molar-refractivity contribution is -0.144. The quantitative estimate of drug-likeness (QED) is 0.876. The van der Waals surface area contributed by atoms with E-state index in [-0.39, 0.29) is 24.8 Å². The summed E-state index contributed by atoms with van der Waals surface area (Å²) >= 11 is 0. The Morgan fingerprint density at radius 1 is 1.65 bits per heavy atom. The molecule has 0 amide bonds. The van der Waals surface area contributed by atoms with Crippen LogP contribution >= 0.6 is 24.8 Å². The number of rotatable bonds is 3. The predicted molar refractivity (Wildman–Crippen MR) is 68.8 cm³/mol. The van der Waals surface area contributed by atoms with Gasteiger partial charge in [0.25, 0.3) is 0 Å². The number of nitrogens with two attached hydrogens (primary N) is 1. The third-order valence-corrected chi connectivity index (χ3v) is 3.12. The summed E-state index contributed by atoms with van der Waals surface area (Å²) in [5.41, 5.74) is 6.10. The Labute approximate surface area is 112 Å². The van der Waals surface area contributed by atoms with Crippen molar-refractivity contribution in [1.29, 1.82) is 0 Å². The van der Waals surface area contributed by atoms with E-state index in [1.165, 1.54) is 0 Å². The van der Waals surface area contributed by atoms with Gasteiger partial charge in [0.05, 0.1) is 12.0 Å². The highest BCUT2D eigenvalue weighted by molar-refractivity contribution is 5.85. The maximum atomic E-state index is 11.2. The minimum atomic E-state index is -1.33. The average molecular weight is 282 g/mol. The fraction of sp³-hybridized carbons (Fsp3) is 0.600. The molecule has 1 aromatic heterocycles. The molecule has 1 unspecified atom stereocenters. The first-order valence-corrected chi connectivity index (χ1v) is 5.16. The SMILES string of the molecule is CCC(N)(C(=O)O)c1ncn2c1CCC2.Cl.Cl. The van der Waals surface area contributed by atoms with Gasteiger partial charge < -0.3 is 15.4 Å². The molecular weight excluding hydrogens is 265 g/mol. The number of nitrogens with zero attached hydrogens (tertiary/aromatic N) is 2. The maximum Gasteiger partial charge on any atom is 0.330 e. The Kier molecular flexibility index (Phi) is 5.45. The third-order valence-electron chi connectivity index (χ3n) is 3.12. The molecule has 0 bridgehead atoms. The van der Waals surface area contributed by atoms with Crippen LogP contribution in [0.3, 0.4) is 0 Å². The molecule has 0 aliphatic carbocycles. The van der Waals surface area contributed by atoms with Crippen molar-refractivity contribution in [3.63, 3.8) is 0 Å². The smallest absolute Gasteiger partial charge is 0.330 e. The molecule has 98 valence electrons. The van der Waals surface area contributed by atoms with Gasteiger partial charge in [0.2, 0.25) is 0 Å². The zero-order valence-corrected chi connectivity index (χ0v) is 11.2. The van der Waals surface area contributed by atoms with Gasteiger partial charge in [0, 0.05) is 12.2 Å². The second-order valence-corrected chi connectivity index (χ2v) is 3.97. The van der Waals surface area contributed by atoms with E-state index in [2.05, 4.69) is 4.98 Å². The largest absolute Gasteiger partial charge is 0.480 e. The Morgan fingerprint density at radius 2 is 2.29 bits per heavy atom. The maximum absolute atomic E-state index is 11.2. The predicted octanol–water partition coefficient (Wildman–Crippen LogP) is 1.32. The summed E-state index contributed by atoms with van der Waals surface area (Å²) in [4.78, 5) is 15.3. The van der Waals surface area contributed by atoms with E-state index in [0.29, 0.717) is 12.1 Å². The van der Waals surface area contributed by atoms with Crippen molar-refractivity contribution in [2.75, 3.05) is 0 Å². The number of hydrogen-bond acceptors (Lipinski definition) is 3. The lowest BCUT2D eigenvalue weighted by atomic mass is 9.91. The molecule has 0 radical (unpaired) electrons. The van der Waals surface area contributed by atoms with Gasteiger partial charge in [-0.15, -0.1) is 24.8 Å². The minimum absolute atomic E-state index is 0. The molecule has 0 fully saturated rings. The number of hydrogen-bond donors (Lipinski definition) is 2. The van der Waals surface area contributed by atoms with E-state index < -0.39 is 11.5 Å². The number of aromatic nitrogens is 2. The van der Waals surface area contributed by atoms with Crippen LogP contribution in [0.4, 0.5) is 0 Å². The summed E-state index contributed by atoms with van der Waals surface area (Å²) in [6.07, 6.45) is 3.97. The summed E-state index contributed by atoms with van der Waals surface area (Å²) < 4.78 is 2.00. The van der Waals surface area contributed by atoms with Crippen molar-refractivity contribution < 1.29 is 9.90 Å². The molecule has 0 spiro atoms. The summed E-state index contributed by atoms with van der Waals surface area (Å²) in [7, 11) is 0. The van der Waals surface area contributed by atoms with Crippen LogP contribution in [0.15, 0.2) is 6.33 Å². The number of carbonyl (C=O) groups is 1. The topological polar surface area (TPSA) is 81.1 Å². The molecule has 17 heavy (non-hydrogen) atoms. The number of carboxylic acid groups (broad SMARTS) is 1. The van der Waals surface area contributed by atoms with Crippen molar-refractivity contribution in [2.45, 2.75) is 38.3 Å². The second-order valence-electron chi connectivity index (χ2n) is 3.97. The number of fused-ring (bicyclic) bond motifs is 1. The Balaban J connectivity index is 0.00000128. The zero-order valence-electron chi connectivity index (χ0n) is 9.55. The van der Waals surface area contributed by atoms with Gasteiger partial charge >= 0.3 is 5.97 Å². The van der Waals surface area contributed by atoms with Gasteiger partial charge in [-0.05, 0) is 19.3 Å². The van der Waals surface area contributed by atoms with Crippen LogP contribution in [-0.4, -0.2) is 20.6 Å². The van der Waals surface area contributed by atoms with Crippen molar-refractivity contribution in [3.8, 4) is 0 Å². The first kappa shape index (κ1) is 16.2. The zero-order chi connectivity index (χ0) is 11.1. The van der Waals surface area contributed by atoms with E-state index in [1.54, 1.807) is 13.3 Å². The molecule has 5 nitrogen and oxygen atoms in total. The third kappa shape index (κ3) is 2.41. The van der Waals surface area contributed by atoms with Crippen molar-refractivity contribution in [1.82, 2.24) is 9.55 Å². The number of halogens is 2. The monoisotopic (exact) mass is 281 g/mol. The van der Waals surface area contributed by atoms with Gasteiger partial charge in [-0.1, -0.05) is 6.92 Å². The van der Waals surface area contributed by atoms with Crippen LogP contribution in [-0.2, 0) is 23.3 Å². The Hall–Kier alpha value is -0.780. The number of aryl methyl sites for hydroxylation is 1. The molecular formula is C10H17Cl2N3O2. The average Bonchev–Trinajstić information content (AvgIpc) is 2.76. The molecule has 7 heteroatoms. The molecule has 1 aromatic rings. The van der Waals surface area contributed by atoms with Crippen molar-refractivity contribution in [3.05, 3.63) is 17.7 Å². The highest BCUT2D eigenvalue weighted by Crippen LogP contribution is 2.28. The Morgan fingerprint density at radius 3 is 2.82 bits per heavy atom. The van der Waals surface area contributed by atoms with Crippen molar-refractivity contribution in [2.24, 2.45) is 5.73 Å². The van der Waals surface area contributed by atoms with Gasteiger partial charge in [0.1, 0.15) is 0 Å². The van der Waals surface area contributed by atoms with Gasteiger partial charge in [-0.3, -0.25) is 0 Å². The highest BCUT2D eigenvalue weighted by Gasteiger charge is 2.39. The molecule has 0 aromatic carbocycles. The molecule has 0 saturated carbocycles. The lowest BCUT2D eigenvalue weighted by Gasteiger charge is -2.21.